The number of carbonyl (C=O) groups excluding carboxylic acids is 1. The second-order valence-electron chi connectivity index (χ2n) is 4.43. The lowest BCUT2D eigenvalue weighted by molar-refractivity contribution is 0.0857. The van der Waals surface area contributed by atoms with E-state index in [1.54, 1.807) is 6.07 Å². The predicted octanol–water partition coefficient (Wildman–Crippen LogP) is 1.67. The summed E-state index contributed by atoms with van der Waals surface area (Å²) in [4.78, 5) is 11.9. The van der Waals surface area contributed by atoms with Crippen molar-refractivity contribution in [1.82, 2.24) is 5.32 Å². The van der Waals surface area contributed by atoms with Crippen molar-refractivity contribution in [3.8, 4) is 0 Å². The van der Waals surface area contributed by atoms with Crippen LogP contribution in [0.15, 0.2) is 47.3 Å². The van der Waals surface area contributed by atoms with Crippen molar-refractivity contribution >= 4 is 5.91 Å². The lowest BCUT2D eigenvalue weighted by Crippen LogP contribution is -2.33. The molecule has 1 aliphatic rings. The maximum Gasteiger partial charge on any atom is 0.255 e. The second kappa shape index (κ2) is 4.31. The molecular weight excluding hydrogens is 230 g/mol. The van der Waals surface area contributed by atoms with Crippen LogP contribution >= 0.6 is 0 Å². The minimum atomic E-state index is -0.571. The van der Waals surface area contributed by atoms with E-state index in [0.29, 0.717) is 12.0 Å². The number of rotatable bonds is 2. The van der Waals surface area contributed by atoms with Gasteiger partial charge in [-0.25, -0.2) is 0 Å². The molecule has 4 nitrogen and oxygen atoms in total. The van der Waals surface area contributed by atoms with Crippen molar-refractivity contribution in [3.63, 3.8) is 0 Å². The quantitative estimate of drug-likeness (QED) is 0.843. The molecule has 2 aromatic rings. The van der Waals surface area contributed by atoms with Crippen LogP contribution in [0.3, 0.4) is 0 Å². The van der Waals surface area contributed by atoms with E-state index in [9.17, 15) is 9.90 Å². The summed E-state index contributed by atoms with van der Waals surface area (Å²) in [6, 6.07) is 9.01. The number of benzene rings is 1. The Labute approximate surface area is 104 Å². The molecule has 18 heavy (non-hydrogen) atoms. The fourth-order valence-corrected chi connectivity index (χ4v) is 2.37. The first-order valence-electron chi connectivity index (χ1n) is 5.84. The number of carbonyl (C=O) groups is 1. The van der Waals surface area contributed by atoms with Gasteiger partial charge in [0.15, 0.2) is 0 Å². The summed E-state index contributed by atoms with van der Waals surface area (Å²) in [5.74, 6) is -0.232. The van der Waals surface area contributed by atoms with E-state index in [4.69, 9.17) is 4.42 Å². The number of amides is 1. The van der Waals surface area contributed by atoms with E-state index >= 15 is 0 Å². The molecule has 3 rings (SSSR count). The van der Waals surface area contributed by atoms with Crippen LogP contribution in [-0.2, 0) is 6.42 Å². The smallest absolute Gasteiger partial charge is 0.255 e. The minimum Gasteiger partial charge on any atom is -0.472 e. The summed E-state index contributed by atoms with van der Waals surface area (Å²) < 4.78 is 4.87. The van der Waals surface area contributed by atoms with Crippen LogP contribution in [-0.4, -0.2) is 17.1 Å². The molecule has 2 atom stereocenters. The highest BCUT2D eigenvalue weighted by Crippen LogP contribution is 2.31. The van der Waals surface area contributed by atoms with E-state index < -0.39 is 6.10 Å². The average molecular weight is 243 g/mol. The summed E-state index contributed by atoms with van der Waals surface area (Å²) in [5.41, 5.74) is 2.54. The lowest BCUT2D eigenvalue weighted by Gasteiger charge is -2.17. The number of furan rings is 1. The van der Waals surface area contributed by atoms with Crippen molar-refractivity contribution in [2.75, 3.05) is 0 Å². The molecule has 0 bridgehead atoms. The van der Waals surface area contributed by atoms with Gasteiger partial charge in [0.05, 0.1) is 24.0 Å². The third kappa shape index (κ3) is 1.80. The zero-order valence-electron chi connectivity index (χ0n) is 9.67. The minimum absolute atomic E-state index is 0.232. The van der Waals surface area contributed by atoms with E-state index in [2.05, 4.69) is 5.32 Å². The Kier molecular flexibility index (Phi) is 2.64. The molecule has 92 valence electrons. The van der Waals surface area contributed by atoms with Crippen LogP contribution in [0.1, 0.15) is 27.5 Å². The molecule has 1 aromatic heterocycles. The molecule has 1 amide bonds. The van der Waals surface area contributed by atoms with Crippen LogP contribution in [0.25, 0.3) is 0 Å². The normalized spacial score (nSPS) is 21.6. The first-order chi connectivity index (χ1) is 8.75. The predicted molar refractivity (Wildman–Crippen MR) is 65.1 cm³/mol. The van der Waals surface area contributed by atoms with Gasteiger partial charge in [-0.3, -0.25) is 4.79 Å². The Bertz CT molecular complexity index is 562. The zero-order valence-corrected chi connectivity index (χ0v) is 9.67. The topological polar surface area (TPSA) is 62.5 Å². The molecule has 0 aliphatic heterocycles. The van der Waals surface area contributed by atoms with Gasteiger partial charge in [-0.1, -0.05) is 24.3 Å². The summed E-state index contributed by atoms with van der Waals surface area (Å²) in [6.45, 7) is 0. The van der Waals surface area contributed by atoms with Gasteiger partial charge in [0.2, 0.25) is 0 Å². The van der Waals surface area contributed by atoms with Crippen LogP contribution in [0.5, 0.6) is 0 Å². The van der Waals surface area contributed by atoms with Crippen molar-refractivity contribution in [2.24, 2.45) is 0 Å². The number of nitrogens with one attached hydrogen (secondary N) is 1. The molecule has 0 unspecified atom stereocenters. The van der Waals surface area contributed by atoms with Crippen molar-refractivity contribution in [1.29, 1.82) is 0 Å². The van der Waals surface area contributed by atoms with Gasteiger partial charge < -0.3 is 14.8 Å². The zero-order chi connectivity index (χ0) is 12.5. The van der Waals surface area contributed by atoms with E-state index in [0.717, 1.165) is 11.1 Å². The molecule has 1 aliphatic carbocycles. The Morgan fingerprint density at radius 1 is 1.33 bits per heavy atom. The summed E-state index contributed by atoms with van der Waals surface area (Å²) in [7, 11) is 0. The summed E-state index contributed by atoms with van der Waals surface area (Å²) in [5, 5.41) is 12.9. The largest absolute Gasteiger partial charge is 0.472 e. The first kappa shape index (κ1) is 11.0. The number of fused-ring (bicyclic) bond motifs is 1. The van der Waals surface area contributed by atoms with Crippen LogP contribution < -0.4 is 5.32 Å². The van der Waals surface area contributed by atoms with Crippen LogP contribution in [0, 0.1) is 0 Å². The number of hydrogen-bond acceptors (Lipinski definition) is 3. The van der Waals surface area contributed by atoms with Crippen LogP contribution in [0.2, 0.25) is 0 Å². The monoisotopic (exact) mass is 243 g/mol. The van der Waals surface area contributed by atoms with Gasteiger partial charge in [-0.05, 0) is 17.2 Å². The van der Waals surface area contributed by atoms with E-state index in [1.165, 1.54) is 12.5 Å². The highest BCUT2D eigenvalue weighted by atomic mass is 16.3. The van der Waals surface area contributed by atoms with E-state index in [1.807, 2.05) is 24.3 Å². The van der Waals surface area contributed by atoms with Crippen molar-refractivity contribution < 1.29 is 14.3 Å². The molecule has 0 saturated carbocycles. The molecule has 4 heteroatoms. The van der Waals surface area contributed by atoms with Gasteiger partial charge >= 0.3 is 0 Å². The standard InChI is InChI=1S/C14H13NO3/c16-12-7-9-3-1-2-4-11(9)13(12)15-14(17)10-5-6-18-8-10/h1-6,8,12-13,16H,7H2,(H,15,17)/t12-,13+/m1/s1. The van der Waals surface area contributed by atoms with Crippen molar-refractivity contribution in [3.05, 3.63) is 59.5 Å². The van der Waals surface area contributed by atoms with E-state index in [-0.39, 0.29) is 11.9 Å². The first-order valence-corrected chi connectivity index (χ1v) is 5.84. The molecule has 1 aromatic carbocycles. The SMILES string of the molecule is O=C(N[C@H]1c2ccccc2C[C@H]1O)c1ccoc1. The highest BCUT2D eigenvalue weighted by Gasteiger charge is 2.32. The summed E-state index contributed by atoms with van der Waals surface area (Å²) >= 11 is 0. The Morgan fingerprint density at radius 3 is 2.94 bits per heavy atom. The van der Waals surface area contributed by atoms with Gasteiger partial charge in [0.25, 0.3) is 5.91 Å². The molecule has 0 fully saturated rings. The maximum atomic E-state index is 11.9. The van der Waals surface area contributed by atoms with Gasteiger partial charge in [-0.15, -0.1) is 0 Å². The summed E-state index contributed by atoms with van der Waals surface area (Å²) in [6.07, 6.45) is 2.85. The average Bonchev–Trinajstić information content (AvgIpc) is 2.98. The van der Waals surface area contributed by atoms with Gasteiger partial charge in [0, 0.05) is 6.42 Å². The number of aliphatic hydroxyl groups excluding tert-OH is 1. The molecule has 0 saturated heterocycles. The third-order valence-electron chi connectivity index (χ3n) is 3.27. The molecule has 0 spiro atoms. The highest BCUT2D eigenvalue weighted by molar-refractivity contribution is 5.94. The second-order valence-corrected chi connectivity index (χ2v) is 4.43. The Balaban J connectivity index is 1.83. The van der Waals surface area contributed by atoms with Gasteiger partial charge in [0.1, 0.15) is 6.26 Å². The maximum absolute atomic E-state index is 11.9. The fraction of sp³-hybridized carbons (Fsp3) is 0.214. The number of aliphatic hydroxyl groups is 1. The molecule has 1 heterocycles. The van der Waals surface area contributed by atoms with Gasteiger partial charge in [-0.2, -0.15) is 0 Å². The van der Waals surface area contributed by atoms with Crippen molar-refractivity contribution in [2.45, 2.75) is 18.6 Å². The molecule has 0 radical (unpaired) electrons. The Hall–Kier alpha value is -2.07. The number of hydrogen-bond donors (Lipinski definition) is 2. The lowest BCUT2D eigenvalue weighted by atomic mass is 10.1. The third-order valence-corrected chi connectivity index (χ3v) is 3.27. The molecular formula is C14H13NO3. The molecule has 2 N–H and O–H groups in total. The Morgan fingerprint density at radius 2 is 2.17 bits per heavy atom. The van der Waals surface area contributed by atoms with Crippen LogP contribution in [0.4, 0.5) is 0 Å². The fourth-order valence-electron chi connectivity index (χ4n) is 2.37.